The first-order valence-corrected chi connectivity index (χ1v) is 18.9. The van der Waals surface area contributed by atoms with E-state index in [1.54, 1.807) is 31.9 Å². The van der Waals surface area contributed by atoms with Crippen molar-refractivity contribution in [3.05, 3.63) is 46.8 Å². The molecule has 6 rings (SSSR count). The minimum absolute atomic E-state index is 0.371. The highest BCUT2D eigenvalue weighted by Crippen LogP contribution is 2.43. The smallest absolute Gasteiger partial charge is 0.239 e. The van der Waals surface area contributed by atoms with E-state index in [1.165, 1.54) is 38.8 Å². The van der Waals surface area contributed by atoms with Gasteiger partial charge in [-0.25, -0.2) is 4.98 Å². The monoisotopic (exact) mass is 693 g/mol. The van der Waals surface area contributed by atoms with E-state index in [0.717, 1.165) is 24.5 Å². The Morgan fingerprint density at radius 3 is 2.40 bits per heavy atom. The van der Waals surface area contributed by atoms with Crippen molar-refractivity contribution in [1.29, 1.82) is 0 Å². The van der Waals surface area contributed by atoms with Crippen LogP contribution in [0.3, 0.4) is 0 Å². The molecule has 3 aromatic heterocycles. The number of ether oxygens (including phenoxy) is 1. The molecule has 2 aliphatic heterocycles. The van der Waals surface area contributed by atoms with Crippen LogP contribution in [0.15, 0.2) is 41.3 Å². The van der Waals surface area contributed by atoms with Crippen molar-refractivity contribution in [2.75, 3.05) is 68.7 Å². The summed E-state index contributed by atoms with van der Waals surface area (Å²) in [5.41, 5.74) is 4.19. The van der Waals surface area contributed by atoms with Crippen LogP contribution < -0.4 is 25.6 Å². The van der Waals surface area contributed by atoms with E-state index in [0.29, 0.717) is 61.9 Å². The number of pyridine rings is 1. The molecule has 45 heavy (non-hydrogen) atoms. The third-order valence-corrected chi connectivity index (χ3v) is 11.1. The van der Waals surface area contributed by atoms with Gasteiger partial charge in [0.25, 0.3) is 0 Å². The Balaban J connectivity index is 1.25. The highest BCUT2D eigenvalue weighted by Gasteiger charge is 2.37. The molecule has 0 radical (unpaired) electrons. The number of fused-ring (bicyclic) bond motifs is 1. The predicted octanol–water partition coefficient (Wildman–Crippen LogP) is 6.33. The molecular weight excluding hydrogens is 653 g/mol. The average Bonchev–Trinajstić information content (AvgIpc) is 3.01. The number of anilines is 5. The molecule has 0 aliphatic carbocycles. The number of aryl methyl sites for hydroxylation is 1. The lowest BCUT2D eigenvalue weighted by atomic mass is 9.71. The molecule has 0 atom stereocenters. The van der Waals surface area contributed by atoms with E-state index in [4.69, 9.17) is 14.7 Å². The third kappa shape index (κ3) is 6.78. The number of nitrogens with one attached hydrogen (secondary N) is 2. The molecule has 0 bridgehead atoms. The molecule has 1 spiro atoms. The van der Waals surface area contributed by atoms with Crippen LogP contribution in [-0.4, -0.2) is 83.0 Å². The first kappa shape index (κ1) is 31.6. The van der Waals surface area contributed by atoms with Crippen LogP contribution >= 0.6 is 23.1 Å². The lowest BCUT2D eigenvalue weighted by Crippen LogP contribution is -2.46. The quantitative estimate of drug-likeness (QED) is 0.201. The number of rotatable bonds is 8. The summed E-state index contributed by atoms with van der Waals surface area (Å²) in [5.74, 6) is 2.38. The minimum Gasteiger partial charge on any atom is -0.476 e. The van der Waals surface area contributed by atoms with Gasteiger partial charge in [0.15, 0.2) is 0 Å². The lowest BCUT2D eigenvalue weighted by Gasteiger charge is -2.46. The molecule has 5 heterocycles. The number of likely N-dealkylation sites (tertiary alicyclic amines) is 1. The molecule has 11 nitrogen and oxygen atoms in total. The highest BCUT2D eigenvalue weighted by molar-refractivity contribution is 9.10. The average molecular weight is 695 g/mol. The summed E-state index contributed by atoms with van der Waals surface area (Å²) < 4.78 is 20.1. The summed E-state index contributed by atoms with van der Waals surface area (Å²) in [6, 6.07) is 5.79. The largest absolute Gasteiger partial charge is 0.476 e. The maximum absolute atomic E-state index is 13.4. The first-order valence-electron chi connectivity index (χ1n) is 15.5. The van der Waals surface area contributed by atoms with E-state index < -0.39 is 7.14 Å². The van der Waals surface area contributed by atoms with Gasteiger partial charge in [0, 0.05) is 31.7 Å². The molecular formula is C32H41BrN9O2P. The first-order chi connectivity index (χ1) is 21.5. The SMILES string of the molecule is CCOc1nc(N2CCC3(CCN(C)CC3)CC2)c(C)cc1Nc1ncc(Br)c(Nc2ccc3nccnc3c2P(C)(C)=O)n1. The molecule has 2 saturated heterocycles. The third-order valence-electron chi connectivity index (χ3n) is 9.00. The molecule has 1 aromatic carbocycles. The number of nitrogens with zero attached hydrogens (tertiary/aromatic N) is 7. The van der Waals surface area contributed by atoms with Gasteiger partial charge in [0.2, 0.25) is 11.8 Å². The number of hydrogen-bond acceptors (Lipinski definition) is 11. The van der Waals surface area contributed by atoms with Crippen LogP contribution in [0.1, 0.15) is 38.2 Å². The van der Waals surface area contributed by atoms with Crippen molar-refractivity contribution in [3.63, 3.8) is 0 Å². The van der Waals surface area contributed by atoms with Gasteiger partial charge in [-0.2, -0.15) is 9.97 Å². The predicted molar refractivity (Wildman–Crippen MR) is 186 cm³/mol. The van der Waals surface area contributed by atoms with Gasteiger partial charge in [0.05, 0.1) is 27.6 Å². The zero-order chi connectivity index (χ0) is 31.8. The summed E-state index contributed by atoms with van der Waals surface area (Å²) in [5, 5.41) is 7.32. The van der Waals surface area contributed by atoms with Crippen molar-refractivity contribution < 1.29 is 9.30 Å². The molecule has 13 heteroatoms. The fourth-order valence-electron chi connectivity index (χ4n) is 6.46. The number of benzene rings is 1. The second kappa shape index (κ2) is 12.8. The van der Waals surface area contributed by atoms with Gasteiger partial charge in [-0.1, -0.05) is 0 Å². The maximum Gasteiger partial charge on any atom is 0.239 e. The molecule has 0 unspecified atom stereocenters. The molecule has 238 valence electrons. The Hall–Kier alpha value is -3.34. The fourth-order valence-corrected chi connectivity index (χ4v) is 8.14. The van der Waals surface area contributed by atoms with E-state index in [2.05, 4.69) is 71.4 Å². The normalized spacial score (nSPS) is 17.1. The van der Waals surface area contributed by atoms with Crippen molar-refractivity contribution in [2.24, 2.45) is 5.41 Å². The zero-order valence-corrected chi connectivity index (χ0v) is 29.1. The molecule has 2 N–H and O–H groups in total. The van der Waals surface area contributed by atoms with Gasteiger partial charge in [0.1, 0.15) is 30.0 Å². The molecule has 0 saturated carbocycles. The Kier molecular flexibility index (Phi) is 9.00. The summed E-state index contributed by atoms with van der Waals surface area (Å²) in [4.78, 5) is 28.0. The van der Waals surface area contributed by atoms with Crippen LogP contribution in [0.4, 0.5) is 29.0 Å². The molecule has 2 aliphatic rings. The van der Waals surface area contributed by atoms with Gasteiger partial charge in [-0.15, -0.1) is 0 Å². The number of halogens is 1. The van der Waals surface area contributed by atoms with Crippen LogP contribution in [-0.2, 0) is 4.57 Å². The molecule has 0 amide bonds. The fraction of sp³-hybridized carbons (Fsp3) is 0.469. The second-order valence-corrected chi connectivity index (χ2v) is 16.6. The Bertz CT molecular complexity index is 1750. The van der Waals surface area contributed by atoms with Crippen molar-refractivity contribution >= 4 is 68.4 Å². The topological polar surface area (TPSA) is 121 Å². The van der Waals surface area contributed by atoms with E-state index in [1.807, 2.05) is 19.1 Å². The lowest BCUT2D eigenvalue weighted by molar-refractivity contribution is 0.0942. The molecule has 2 fully saturated rings. The molecule has 4 aromatic rings. The Labute approximate surface area is 273 Å². The number of hydrogen-bond donors (Lipinski definition) is 2. The van der Waals surface area contributed by atoms with Crippen LogP contribution in [0.5, 0.6) is 5.88 Å². The van der Waals surface area contributed by atoms with Crippen LogP contribution in [0.25, 0.3) is 11.0 Å². The second-order valence-electron chi connectivity index (χ2n) is 12.6. The Morgan fingerprint density at radius 1 is 0.978 bits per heavy atom. The highest BCUT2D eigenvalue weighted by atomic mass is 79.9. The van der Waals surface area contributed by atoms with Crippen molar-refractivity contribution in [1.82, 2.24) is 29.8 Å². The van der Waals surface area contributed by atoms with E-state index in [-0.39, 0.29) is 0 Å². The van der Waals surface area contributed by atoms with E-state index >= 15 is 0 Å². The number of aromatic nitrogens is 5. The summed E-state index contributed by atoms with van der Waals surface area (Å²) >= 11 is 3.57. The maximum atomic E-state index is 13.4. The zero-order valence-electron chi connectivity index (χ0n) is 26.6. The van der Waals surface area contributed by atoms with Gasteiger partial charge < -0.3 is 29.7 Å². The minimum atomic E-state index is -2.74. The van der Waals surface area contributed by atoms with Gasteiger partial charge in [-0.3, -0.25) is 9.97 Å². The summed E-state index contributed by atoms with van der Waals surface area (Å²) in [6.45, 7) is 12.4. The summed E-state index contributed by atoms with van der Waals surface area (Å²) in [6.07, 6.45) is 9.89. The standard InChI is InChI=1S/C32H41BrN9O2P/c1-6-44-30-25(19-21(2)29(40-30)42-17-11-32(12-18-42)9-15-41(3)16-10-32)38-31-36-20-22(33)28(39-31)37-24-8-7-23-26(35-14-13-34-23)27(24)45(4,5)43/h7-8,13-14,19-20H,6,9-12,15-18H2,1-5H3,(H2,36,37,38,39). The van der Waals surface area contributed by atoms with E-state index in [9.17, 15) is 4.57 Å². The van der Waals surface area contributed by atoms with Gasteiger partial charge in [-0.05, 0) is 118 Å². The Morgan fingerprint density at radius 2 is 1.69 bits per heavy atom. The van der Waals surface area contributed by atoms with Crippen LogP contribution in [0, 0.1) is 12.3 Å². The summed E-state index contributed by atoms with van der Waals surface area (Å²) in [7, 11) is -0.513. The van der Waals surface area contributed by atoms with Gasteiger partial charge >= 0.3 is 0 Å². The number of piperidine rings is 2. The van der Waals surface area contributed by atoms with Crippen LogP contribution in [0.2, 0.25) is 0 Å². The van der Waals surface area contributed by atoms with Crippen molar-refractivity contribution in [3.8, 4) is 5.88 Å². The van der Waals surface area contributed by atoms with Crippen molar-refractivity contribution in [2.45, 2.75) is 39.5 Å².